The van der Waals surface area contributed by atoms with Crippen molar-refractivity contribution >= 4 is 23.3 Å². The molecule has 3 rings (SSSR count). The van der Waals surface area contributed by atoms with Crippen LogP contribution in [0.1, 0.15) is 24.2 Å². The van der Waals surface area contributed by atoms with E-state index in [0.717, 1.165) is 10.5 Å². The molecular formula is C19H16FNO4. The summed E-state index contributed by atoms with van der Waals surface area (Å²) in [5.41, 5.74) is 2.01. The number of ether oxygens (including phenoxy) is 1. The third kappa shape index (κ3) is 2.91. The maximum absolute atomic E-state index is 13.1. The van der Waals surface area contributed by atoms with Crippen molar-refractivity contribution in [1.82, 2.24) is 0 Å². The zero-order valence-electron chi connectivity index (χ0n) is 13.8. The van der Waals surface area contributed by atoms with Crippen LogP contribution in [0.5, 0.6) is 0 Å². The number of esters is 1. The second kappa shape index (κ2) is 6.47. The van der Waals surface area contributed by atoms with Crippen LogP contribution in [0.25, 0.3) is 11.1 Å². The van der Waals surface area contributed by atoms with E-state index in [0.29, 0.717) is 11.3 Å². The maximum Gasteiger partial charge on any atom is 0.328 e. The second-order valence-corrected chi connectivity index (χ2v) is 5.67. The molecule has 0 saturated heterocycles. The van der Waals surface area contributed by atoms with Gasteiger partial charge in [-0.3, -0.25) is 14.5 Å². The number of rotatable bonds is 4. The summed E-state index contributed by atoms with van der Waals surface area (Å²) < 4.78 is 18.0. The summed E-state index contributed by atoms with van der Waals surface area (Å²) in [6, 6.07) is 9.87. The van der Waals surface area contributed by atoms with E-state index in [1.165, 1.54) is 19.1 Å². The molecule has 0 fully saturated rings. The van der Waals surface area contributed by atoms with Gasteiger partial charge in [-0.1, -0.05) is 18.2 Å². The molecule has 1 atom stereocenters. The fourth-order valence-electron chi connectivity index (χ4n) is 2.84. The summed E-state index contributed by atoms with van der Waals surface area (Å²) in [6.45, 7) is 3.38. The Bertz CT molecular complexity index is 860. The van der Waals surface area contributed by atoms with Crippen LogP contribution in [0, 0.1) is 5.82 Å². The van der Waals surface area contributed by atoms with Crippen LogP contribution >= 0.6 is 0 Å². The van der Waals surface area contributed by atoms with Crippen LogP contribution in [-0.4, -0.2) is 30.3 Å². The Morgan fingerprint density at radius 1 is 1.12 bits per heavy atom. The van der Waals surface area contributed by atoms with Crippen molar-refractivity contribution in [1.29, 1.82) is 0 Å². The molecule has 6 heteroatoms. The van der Waals surface area contributed by atoms with E-state index in [-0.39, 0.29) is 18.0 Å². The number of halogens is 1. The molecule has 1 amide bonds. The molecule has 0 bridgehead atoms. The Morgan fingerprint density at radius 3 is 2.40 bits per heavy atom. The number of nitrogens with zero attached hydrogens (tertiary/aromatic N) is 1. The quantitative estimate of drug-likeness (QED) is 0.633. The molecule has 2 aromatic carbocycles. The van der Waals surface area contributed by atoms with Gasteiger partial charge in [-0.25, -0.2) is 9.18 Å². The molecule has 2 aromatic rings. The maximum atomic E-state index is 13.1. The Morgan fingerprint density at radius 2 is 1.76 bits per heavy atom. The molecule has 5 nitrogen and oxygen atoms in total. The van der Waals surface area contributed by atoms with Crippen molar-refractivity contribution in [3.63, 3.8) is 0 Å². The normalized spacial score (nSPS) is 14.4. The van der Waals surface area contributed by atoms with Crippen molar-refractivity contribution in [3.05, 3.63) is 53.8 Å². The average molecular weight is 341 g/mol. The summed E-state index contributed by atoms with van der Waals surface area (Å²) >= 11 is 0. The van der Waals surface area contributed by atoms with Crippen LogP contribution in [-0.2, 0) is 14.3 Å². The van der Waals surface area contributed by atoms with E-state index >= 15 is 0 Å². The average Bonchev–Trinajstić information content (AvgIpc) is 2.86. The van der Waals surface area contributed by atoms with Crippen molar-refractivity contribution in [3.8, 4) is 11.1 Å². The number of fused-ring (bicyclic) bond motifs is 1. The molecule has 0 aliphatic carbocycles. The number of anilines is 1. The fourth-order valence-corrected chi connectivity index (χ4v) is 2.84. The fraction of sp³-hybridized carbons (Fsp3) is 0.211. The minimum atomic E-state index is -0.894. The van der Waals surface area contributed by atoms with Gasteiger partial charge in [0.1, 0.15) is 11.9 Å². The number of ketones is 1. The lowest BCUT2D eigenvalue weighted by atomic mass is 10.0. The van der Waals surface area contributed by atoms with E-state index < -0.39 is 23.7 Å². The highest BCUT2D eigenvalue weighted by atomic mass is 19.1. The first-order valence-corrected chi connectivity index (χ1v) is 7.88. The largest absolute Gasteiger partial charge is 0.464 e. The number of carbonyl (C=O) groups is 3. The Hall–Kier alpha value is -3.02. The minimum Gasteiger partial charge on any atom is -0.464 e. The highest BCUT2D eigenvalue weighted by Crippen LogP contribution is 2.34. The van der Waals surface area contributed by atoms with Crippen LogP contribution < -0.4 is 4.90 Å². The van der Waals surface area contributed by atoms with Gasteiger partial charge in [0.15, 0.2) is 0 Å². The number of amides is 1. The van der Waals surface area contributed by atoms with E-state index in [9.17, 15) is 18.8 Å². The number of carbonyl (C=O) groups excluding carboxylic acids is 3. The molecule has 0 saturated carbocycles. The first-order valence-electron chi connectivity index (χ1n) is 7.88. The molecular weight excluding hydrogens is 325 g/mol. The molecule has 0 unspecified atom stereocenters. The van der Waals surface area contributed by atoms with E-state index in [4.69, 9.17) is 4.74 Å². The predicted octanol–water partition coefficient (Wildman–Crippen LogP) is 2.97. The Balaban J connectivity index is 2.00. The summed E-state index contributed by atoms with van der Waals surface area (Å²) in [7, 11) is 0. The lowest BCUT2D eigenvalue weighted by Gasteiger charge is -2.22. The molecule has 0 aromatic heterocycles. The molecule has 1 aliphatic heterocycles. The van der Waals surface area contributed by atoms with Gasteiger partial charge in [-0.2, -0.15) is 0 Å². The van der Waals surface area contributed by atoms with Crippen molar-refractivity contribution < 1.29 is 23.5 Å². The van der Waals surface area contributed by atoms with Crippen LogP contribution in [0.4, 0.5) is 10.1 Å². The van der Waals surface area contributed by atoms with Crippen molar-refractivity contribution in [2.45, 2.75) is 19.9 Å². The first-order chi connectivity index (χ1) is 11.9. The first kappa shape index (κ1) is 16.8. The molecule has 1 aliphatic rings. The van der Waals surface area contributed by atoms with Crippen LogP contribution in [0.15, 0.2) is 42.5 Å². The highest BCUT2D eigenvalue weighted by Gasteiger charge is 2.41. The van der Waals surface area contributed by atoms with E-state index in [2.05, 4.69) is 0 Å². The molecule has 0 spiro atoms. The Labute approximate surface area is 144 Å². The SMILES string of the molecule is CCOC(=O)[C@@H](C)N1C(=O)C(=O)c2cc(-c3ccc(F)cc3)ccc21. The summed E-state index contributed by atoms with van der Waals surface area (Å²) in [5, 5.41) is 0. The zero-order chi connectivity index (χ0) is 18.1. The highest BCUT2D eigenvalue weighted by molar-refractivity contribution is 6.52. The number of benzene rings is 2. The van der Waals surface area contributed by atoms with E-state index in [1.54, 1.807) is 37.3 Å². The smallest absolute Gasteiger partial charge is 0.328 e. The molecule has 1 heterocycles. The van der Waals surface area contributed by atoms with Crippen LogP contribution in [0.3, 0.4) is 0 Å². The topological polar surface area (TPSA) is 63.7 Å². The molecule has 25 heavy (non-hydrogen) atoms. The predicted molar refractivity (Wildman–Crippen MR) is 89.7 cm³/mol. The van der Waals surface area contributed by atoms with Crippen molar-refractivity contribution in [2.75, 3.05) is 11.5 Å². The lowest BCUT2D eigenvalue weighted by Crippen LogP contribution is -2.43. The van der Waals surface area contributed by atoms with Gasteiger partial charge in [0.25, 0.3) is 11.7 Å². The third-order valence-electron chi connectivity index (χ3n) is 4.11. The third-order valence-corrected chi connectivity index (χ3v) is 4.11. The molecule has 0 N–H and O–H groups in total. The molecule has 128 valence electrons. The number of hydrogen-bond acceptors (Lipinski definition) is 4. The van der Waals surface area contributed by atoms with Gasteiger partial charge in [0, 0.05) is 0 Å². The van der Waals surface area contributed by atoms with Gasteiger partial charge < -0.3 is 4.74 Å². The van der Waals surface area contributed by atoms with Gasteiger partial charge in [-0.15, -0.1) is 0 Å². The zero-order valence-corrected chi connectivity index (χ0v) is 13.8. The minimum absolute atomic E-state index is 0.190. The van der Waals surface area contributed by atoms with Gasteiger partial charge in [-0.05, 0) is 49.2 Å². The van der Waals surface area contributed by atoms with Gasteiger partial charge >= 0.3 is 5.97 Å². The Kier molecular flexibility index (Phi) is 4.35. The monoisotopic (exact) mass is 341 g/mol. The lowest BCUT2D eigenvalue weighted by molar-refractivity contribution is -0.145. The summed E-state index contributed by atoms with van der Waals surface area (Å²) in [4.78, 5) is 37.8. The number of hydrogen-bond donors (Lipinski definition) is 0. The summed E-state index contributed by atoms with van der Waals surface area (Å²) in [5.74, 6) is -2.35. The van der Waals surface area contributed by atoms with E-state index in [1.807, 2.05) is 0 Å². The van der Waals surface area contributed by atoms with Crippen LogP contribution in [0.2, 0.25) is 0 Å². The molecule has 0 radical (unpaired) electrons. The standard InChI is InChI=1S/C19H16FNO4/c1-3-25-19(24)11(2)21-16-9-6-13(10-15(16)17(22)18(21)23)12-4-7-14(20)8-5-12/h4-11H,3H2,1-2H3/t11-/m1/s1. The van der Waals surface area contributed by atoms with Crippen molar-refractivity contribution in [2.24, 2.45) is 0 Å². The summed E-state index contributed by atoms with van der Waals surface area (Å²) in [6.07, 6.45) is 0. The number of Topliss-reactive ketones (excluding diaryl/α,β-unsaturated/α-hetero) is 1. The van der Waals surface area contributed by atoms with Gasteiger partial charge in [0.05, 0.1) is 17.9 Å². The van der Waals surface area contributed by atoms with Gasteiger partial charge in [0.2, 0.25) is 0 Å². The second-order valence-electron chi connectivity index (χ2n) is 5.67.